The van der Waals surface area contributed by atoms with Crippen molar-refractivity contribution in [3.8, 4) is 0 Å². The van der Waals surface area contributed by atoms with E-state index >= 15 is 0 Å². The van der Waals surface area contributed by atoms with E-state index in [-0.39, 0.29) is 17.6 Å². The molecule has 1 unspecified atom stereocenters. The molecule has 1 aromatic carbocycles. The molecule has 0 bridgehead atoms. The number of amides is 1. The summed E-state index contributed by atoms with van der Waals surface area (Å²) >= 11 is 0. The Hall–Kier alpha value is -1.55. The third kappa shape index (κ3) is 2.80. The zero-order valence-electron chi connectivity index (χ0n) is 11.7. The van der Waals surface area contributed by atoms with Gasteiger partial charge in [0, 0.05) is 12.0 Å². The minimum atomic E-state index is -0.281. The van der Waals surface area contributed by atoms with Crippen LogP contribution in [0.25, 0.3) is 0 Å². The standard InChI is InChI=1S/C16H22N2O2/c19-15(18-12-13-4-2-1-3-5-13)20-14-6-7-16(14)8-10-17-11-9-16/h1-5,14,17H,6-12H2,(H,18,19). The second-order valence-corrected chi connectivity index (χ2v) is 5.88. The highest BCUT2D eigenvalue weighted by molar-refractivity contribution is 5.67. The molecule has 1 aromatic rings. The van der Waals surface area contributed by atoms with E-state index in [9.17, 15) is 4.79 Å². The molecule has 2 N–H and O–H groups in total. The van der Waals surface area contributed by atoms with E-state index < -0.39 is 0 Å². The zero-order chi connectivity index (χ0) is 13.8. The first-order chi connectivity index (χ1) is 9.78. The van der Waals surface area contributed by atoms with Crippen molar-refractivity contribution in [3.63, 3.8) is 0 Å². The summed E-state index contributed by atoms with van der Waals surface area (Å²) in [5, 5.41) is 6.22. The van der Waals surface area contributed by atoms with E-state index in [0.717, 1.165) is 37.9 Å². The summed E-state index contributed by atoms with van der Waals surface area (Å²) in [4.78, 5) is 11.9. The van der Waals surface area contributed by atoms with Gasteiger partial charge >= 0.3 is 6.09 Å². The second kappa shape index (κ2) is 5.83. The van der Waals surface area contributed by atoms with Crippen LogP contribution in [-0.4, -0.2) is 25.3 Å². The molecule has 108 valence electrons. The van der Waals surface area contributed by atoms with Crippen molar-refractivity contribution in [3.05, 3.63) is 35.9 Å². The molecule has 4 nitrogen and oxygen atoms in total. The number of carbonyl (C=O) groups excluding carboxylic acids is 1. The van der Waals surface area contributed by atoms with E-state index in [2.05, 4.69) is 10.6 Å². The van der Waals surface area contributed by atoms with Gasteiger partial charge in [0.2, 0.25) is 0 Å². The lowest BCUT2D eigenvalue weighted by atomic mass is 9.61. The molecule has 0 radical (unpaired) electrons. The van der Waals surface area contributed by atoms with E-state index in [0.29, 0.717) is 6.54 Å². The van der Waals surface area contributed by atoms with Crippen molar-refractivity contribution in [2.24, 2.45) is 5.41 Å². The maximum absolute atomic E-state index is 11.9. The largest absolute Gasteiger partial charge is 0.446 e. The van der Waals surface area contributed by atoms with Crippen molar-refractivity contribution in [2.75, 3.05) is 13.1 Å². The number of piperidine rings is 1. The molecule has 1 aliphatic carbocycles. The molecule has 1 saturated carbocycles. The molecule has 1 amide bonds. The Morgan fingerprint density at radius 3 is 2.65 bits per heavy atom. The molecule has 3 rings (SSSR count). The monoisotopic (exact) mass is 274 g/mol. The van der Waals surface area contributed by atoms with Crippen LogP contribution in [0.1, 0.15) is 31.2 Å². The lowest BCUT2D eigenvalue weighted by Crippen LogP contribution is -2.53. The molecule has 1 spiro atoms. The van der Waals surface area contributed by atoms with Gasteiger partial charge in [0.15, 0.2) is 0 Å². The summed E-state index contributed by atoms with van der Waals surface area (Å²) in [5.41, 5.74) is 1.35. The Morgan fingerprint density at radius 2 is 2.00 bits per heavy atom. The first-order valence-electron chi connectivity index (χ1n) is 7.48. The predicted octanol–water partition coefficient (Wildman–Crippen LogP) is 2.45. The smallest absolute Gasteiger partial charge is 0.407 e. The maximum Gasteiger partial charge on any atom is 0.407 e. The summed E-state index contributed by atoms with van der Waals surface area (Å²) < 4.78 is 5.62. The first kappa shape index (κ1) is 13.4. The van der Waals surface area contributed by atoms with Crippen molar-refractivity contribution in [1.29, 1.82) is 0 Å². The predicted molar refractivity (Wildman–Crippen MR) is 77.3 cm³/mol. The Kier molecular flexibility index (Phi) is 3.92. The fourth-order valence-electron chi connectivity index (χ4n) is 3.29. The minimum absolute atomic E-state index is 0.111. The second-order valence-electron chi connectivity index (χ2n) is 5.88. The molecule has 0 aromatic heterocycles. The highest BCUT2D eigenvalue weighted by atomic mass is 16.6. The normalized spacial score (nSPS) is 23.9. The summed E-state index contributed by atoms with van der Waals surface area (Å²) in [5.74, 6) is 0. The van der Waals surface area contributed by atoms with Gasteiger partial charge in [0.1, 0.15) is 6.10 Å². The summed E-state index contributed by atoms with van der Waals surface area (Å²) in [7, 11) is 0. The molecule has 1 aliphatic heterocycles. The maximum atomic E-state index is 11.9. The number of hydrogen-bond donors (Lipinski definition) is 2. The Bertz CT molecular complexity index is 455. The van der Waals surface area contributed by atoms with Crippen LogP contribution < -0.4 is 10.6 Å². The molecule has 1 saturated heterocycles. The van der Waals surface area contributed by atoms with E-state index in [1.807, 2.05) is 30.3 Å². The van der Waals surface area contributed by atoms with Gasteiger partial charge in [0.05, 0.1) is 0 Å². The van der Waals surface area contributed by atoms with Gasteiger partial charge in [-0.25, -0.2) is 4.79 Å². The van der Waals surface area contributed by atoms with Crippen LogP contribution in [0.4, 0.5) is 4.79 Å². The first-order valence-corrected chi connectivity index (χ1v) is 7.48. The third-order valence-electron chi connectivity index (χ3n) is 4.72. The molecular formula is C16H22N2O2. The minimum Gasteiger partial charge on any atom is -0.446 e. The Labute approximate surface area is 119 Å². The van der Waals surface area contributed by atoms with E-state index in [1.54, 1.807) is 0 Å². The highest BCUT2D eigenvalue weighted by Crippen LogP contribution is 2.49. The van der Waals surface area contributed by atoms with Gasteiger partial charge in [-0.1, -0.05) is 30.3 Å². The van der Waals surface area contributed by atoms with Gasteiger partial charge < -0.3 is 15.4 Å². The van der Waals surface area contributed by atoms with Crippen molar-refractivity contribution >= 4 is 6.09 Å². The molecule has 1 heterocycles. The molecule has 4 heteroatoms. The number of nitrogens with one attached hydrogen (secondary N) is 2. The average Bonchev–Trinajstić information content (AvgIpc) is 2.51. The number of rotatable bonds is 3. The van der Waals surface area contributed by atoms with E-state index in [4.69, 9.17) is 4.74 Å². The lowest BCUT2D eigenvalue weighted by molar-refractivity contribution is -0.0886. The molecule has 2 aliphatic rings. The number of benzene rings is 1. The van der Waals surface area contributed by atoms with E-state index in [1.165, 1.54) is 6.42 Å². The average molecular weight is 274 g/mol. The van der Waals surface area contributed by atoms with Crippen LogP contribution in [0.15, 0.2) is 30.3 Å². The Morgan fingerprint density at radius 1 is 1.25 bits per heavy atom. The van der Waals surface area contributed by atoms with Gasteiger partial charge in [-0.05, 0) is 44.3 Å². The topological polar surface area (TPSA) is 50.4 Å². The SMILES string of the molecule is O=C(NCc1ccccc1)OC1CCC12CCNCC2. The number of alkyl carbamates (subject to hydrolysis) is 1. The Balaban J connectivity index is 1.47. The van der Waals surface area contributed by atoms with Crippen LogP contribution in [0.3, 0.4) is 0 Å². The fourth-order valence-corrected chi connectivity index (χ4v) is 3.29. The summed E-state index contributed by atoms with van der Waals surface area (Å²) in [6.07, 6.45) is 4.30. The number of hydrogen-bond acceptors (Lipinski definition) is 3. The molecule has 1 atom stereocenters. The highest BCUT2D eigenvalue weighted by Gasteiger charge is 2.49. The third-order valence-corrected chi connectivity index (χ3v) is 4.72. The number of carbonyl (C=O) groups is 1. The van der Waals surface area contributed by atoms with Gasteiger partial charge in [-0.15, -0.1) is 0 Å². The zero-order valence-corrected chi connectivity index (χ0v) is 11.7. The van der Waals surface area contributed by atoms with Gasteiger partial charge in [-0.2, -0.15) is 0 Å². The molecular weight excluding hydrogens is 252 g/mol. The van der Waals surface area contributed by atoms with Crippen LogP contribution in [-0.2, 0) is 11.3 Å². The van der Waals surface area contributed by atoms with Crippen molar-refractivity contribution in [1.82, 2.24) is 10.6 Å². The number of ether oxygens (including phenoxy) is 1. The van der Waals surface area contributed by atoms with Crippen LogP contribution in [0.2, 0.25) is 0 Å². The van der Waals surface area contributed by atoms with Crippen molar-refractivity contribution < 1.29 is 9.53 Å². The van der Waals surface area contributed by atoms with Gasteiger partial charge in [-0.3, -0.25) is 0 Å². The molecule has 20 heavy (non-hydrogen) atoms. The quantitative estimate of drug-likeness (QED) is 0.890. The van der Waals surface area contributed by atoms with Crippen LogP contribution in [0.5, 0.6) is 0 Å². The summed E-state index contributed by atoms with van der Waals surface area (Å²) in [6, 6.07) is 9.91. The van der Waals surface area contributed by atoms with Crippen LogP contribution in [0, 0.1) is 5.41 Å². The lowest BCUT2D eigenvalue weighted by Gasteiger charge is -2.50. The van der Waals surface area contributed by atoms with Gasteiger partial charge in [0.25, 0.3) is 0 Å². The van der Waals surface area contributed by atoms with Crippen molar-refractivity contribution in [2.45, 2.75) is 38.3 Å². The molecule has 2 fully saturated rings. The summed E-state index contributed by atoms with van der Waals surface area (Å²) in [6.45, 7) is 2.62. The fraction of sp³-hybridized carbons (Fsp3) is 0.562. The van der Waals surface area contributed by atoms with Crippen LogP contribution >= 0.6 is 0 Å².